The summed E-state index contributed by atoms with van der Waals surface area (Å²) in [4.78, 5) is 0. The van der Waals surface area contributed by atoms with Gasteiger partial charge in [-0.3, -0.25) is 0 Å². The second kappa shape index (κ2) is 11.3. The van der Waals surface area contributed by atoms with Gasteiger partial charge < -0.3 is 4.57 Å². The zero-order chi connectivity index (χ0) is 29.6. The maximum atomic E-state index is 15.6. The molecule has 0 aliphatic heterocycles. The largest absolute Gasteiger partial charge is 0.361 e. The van der Waals surface area contributed by atoms with Gasteiger partial charge in [-0.15, -0.1) is 0 Å². The van der Waals surface area contributed by atoms with Crippen LogP contribution in [0, 0.1) is 69.8 Å². The van der Waals surface area contributed by atoms with Crippen LogP contribution in [0.4, 0.5) is 64.1 Å². The average Bonchev–Trinajstić information content (AvgIpc) is 2.90. The molecule has 0 amide bonds. The lowest BCUT2D eigenvalue weighted by atomic mass is 10.0. The molecule has 3 rings (SSSR count). The van der Waals surface area contributed by atoms with Crippen LogP contribution in [0.1, 0.15) is 40.0 Å². The maximum Gasteiger partial charge on any atom is 0.200 e. The van der Waals surface area contributed by atoms with Crippen LogP contribution in [0.15, 0.2) is 0 Å². The van der Waals surface area contributed by atoms with E-state index < -0.39 is 100 Å². The number of anilines is 2. The smallest absolute Gasteiger partial charge is 0.200 e. The first-order chi connectivity index (χ1) is 18.2. The van der Waals surface area contributed by atoms with Crippen molar-refractivity contribution in [2.24, 2.45) is 0 Å². The highest BCUT2D eigenvalue weighted by Crippen LogP contribution is 2.49. The molecule has 14 heteroatoms. The summed E-state index contributed by atoms with van der Waals surface area (Å²) >= 11 is 0. The van der Waals surface area contributed by atoms with E-state index in [1.54, 1.807) is 20.8 Å². The van der Waals surface area contributed by atoms with Crippen LogP contribution in [-0.2, 0) is 0 Å². The fourth-order valence-electron chi connectivity index (χ4n) is 5.17. The monoisotopic (exact) mass is 591 g/mol. The lowest BCUT2D eigenvalue weighted by molar-refractivity contribution is 0.380. The first-order valence-corrected chi connectivity index (χ1v) is 14.4. The van der Waals surface area contributed by atoms with Gasteiger partial charge in [0.25, 0.3) is 0 Å². The molecule has 3 aromatic carbocycles. The molecule has 0 bridgehead atoms. The number of rotatable bonds is 9. The number of benzene rings is 3. The van der Waals surface area contributed by atoms with Crippen molar-refractivity contribution in [3.63, 3.8) is 0 Å². The summed E-state index contributed by atoms with van der Waals surface area (Å²) < 4.78 is 177. The molecule has 0 heterocycles. The molecule has 0 radical (unpaired) electrons. The predicted octanol–water partition coefficient (Wildman–Crippen LogP) is 9.82. The Labute approximate surface area is 216 Å². The van der Waals surface area contributed by atoms with Gasteiger partial charge in [0.15, 0.2) is 72.2 Å². The van der Waals surface area contributed by atoms with Crippen LogP contribution < -0.4 is 4.57 Å². The van der Waals surface area contributed by atoms with Crippen LogP contribution in [0.2, 0.25) is 18.1 Å². The van der Waals surface area contributed by atoms with E-state index in [1.807, 2.05) is 0 Å². The highest BCUT2D eigenvalue weighted by Gasteiger charge is 2.46. The highest BCUT2D eigenvalue weighted by molar-refractivity contribution is 6.84. The normalized spacial score (nSPS) is 12.1. The molecule has 0 aliphatic carbocycles. The van der Waals surface area contributed by atoms with Crippen LogP contribution in [0.3, 0.4) is 0 Å². The molecular weight excluding hydrogens is 570 g/mol. The van der Waals surface area contributed by atoms with E-state index >= 15 is 17.6 Å². The third-order valence-electron chi connectivity index (χ3n) is 6.57. The standard InChI is InChI=1S/C25H21F12NSi/c1-4-7-39(8-5-2,9-6-3)38(25-22(36)19(33)18(32)20(34)23(25)37)24-11-10(13(27)17(31)21(24)35)12(26)15(29)16(30)14(11)28/h4-9H2,1-3H3. The van der Waals surface area contributed by atoms with Gasteiger partial charge in [-0.1, -0.05) is 40.0 Å². The Balaban J connectivity index is 2.78. The molecule has 0 saturated carbocycles. The first-order valence-electron chi connectivity index (χ1n) is 11.9. The van der Waals surface area contributed by atoms with Gasteiger partial charge in [-0.2, -0.15) is 0 Å². The Morgan fingerprint density at radius 3 is 1.05 bits per heavy atom. The Bertz CT molecular complexity index is 1390. The summed E-state index contributed by atoms with van der Waals surface area (Å²) in [5, 5.41) is -3.74. The lowest BCUT2D eigenvalue weighted by Gasteiger charge is -2.45. The van der Waals surface area contributed by atoms with Crippen molar-refractivity contribution in [3.05, 3.63) is 69.8 Å². The van der Waals surface area contributed by atoms with Gasteiger partial charge in [-0.25, -0.2) is 52.7 Å². The topological polar surface area (TPSA) is 3.24 Å². The van der Waals surface area contributed by atoms with Crippen LogP contribution in [0.5, 0.6) is 0 Å². The highest BCUT2D eigenvalue weighted by atomic mass is 28.3. The minimum Gasteiger partial charge on any atom is -0.361 e. The van der Waals surface area contributed by atoms with E-state index in [4.69, 9.17) is 0 Å². The van der Waals surface area contributed by atoms with E-state index in [0.717, 1.165) is 0 Å². The lowest BCUT2D eigenvalue weighted by Crippen LogP contribution is -2.52. The van der Waals surface area contributed by atoms with Crippen LogP contribution in [-0.4, -0.2) is 8.24 Å². The molecule has 0 saturated heterocycles. The first kappa shape index (κ1) is 30.6. The fraction of sp³-hybridized carbons (Fsp3) is 0.360. The Hall–Kier alpha value is -2.90. The second-order valence-corrected chi connectivity index (χ2v) is 13.4. The van der Waals surface area contributed by atoms with Crippen LogP contribution >= 0.6 is 0 Å². The minimum atomic E-state index is -3.93. The summed E-state index contributed by atoms with van der Waals surface area (Å²) in [7, 11) is -3.93. The summed E-state index contributed by atoms with van der Waals surface area (Å²) in [5.41, 5.74) is -3.53. The number of hydrogen-bond donors (Lipinski definition) is 0. The maximum absolute atomic E-state index is 15.6. The van der Waals surface area contributed by atoms with E-state index in [0.29, 0.717) is 0 Å². The molecule has 3 aromatic rings. The molecule has 0 spiro atoms. The molecule has 0 aliphatic rings. The minimum absolute atomic E-state index is 0.0954. The number of halogens is 12. The van der Waals surface area contributed by atoms with Gasteiger partial charge in [0, 0.05) is 0 Å². The van der Waals surface area contributed by atoms with Gasteiger partial charge in [-0.05, 0) is 18.1 Å². The van der Waals surface area contributed by atoms with E-state index in [1.165, 1.54) is 0 Å². The molecule has 0 fully saturated rings. The van der Waals surface area contributed by atoms with Crippen molar-refractivity contribution in [1.29, 1.82) is 0 Å². The van der Waals surface area contributed by atoms with Gasteiger partial charge in [0.1, 0.15) is 5.69 Å². The molecule has 0 aromatic heterocycles. The molecule has 214 valence electrons. The Morgan fingerprint density at radius 1 is 0.385 bits per heavy atom. The summed E-state index contributed by atoms with van der Waals surface area (Å²) in [6.07, 6.45) is 0.462. The molecule has 0 N–H and O–H groups in total. The Kier molecular flexibility index (Phi) is 8.87. The zero-order valence-electron chi connectivity index (χ0n) is 20.7. The van der Waals surface area contributed by atoms with E-state index in [2.05, 4.69) is 0 Å². The number of nitrogens with zero attached hydrogens (tertiary/aromatic N) is 1. The van der Waals surface area contributed by atoms with Crippen molar-refractivity contribution in [1.82, 2.24) is 0 Å². The molecule has 1 nitrogen and oxygen atoms in total. The van der Waals surface area contributed by atoms with Crippen molar-refractivity contribution < 1.29 is 52.7 Å². The second-order valence-electron chi connectivity index (χ2n) is 9.02. The van der Waals surface area contributed by atoms with E-state index in [9.17, 15) is 35.1 Å². The van der Waals surface area contributed by atoms with Crippen molar-refractivity contribution in [2.45, 2.75) is 58.2 Å². The third-order valence-corrected chi connectivity index (χ3v) is 12.3. The molecule has 0 atom stereocenters. The van der Waals surface area contributed by atoms with Gasteiger partial charge >= 0.3 is 0 Å². The SMILES string of the molecule is CCC[Si](CCC)(CCC)N(c1c(F)c(F)c(F)c(F)c1F)c1c(F)c(F)c(F)c2c(F)c(F)c(F)c(F)c12. The van der Waals surface area contributed by atoms with Gasteiger partial charge in [0.2, 0.25) is 5.82 Å². The van der Waals surface area contributed by atoms with E-state index in [-0.39, 0.29) is 42.0 Å². The van der Waals surface area contributed by atoms with Gasteiger partial charge in [0.05, 0.1) is 16.5 Å². The summed E-state index contributed by atoms with van der Waals surface area (Å²) in [6, 6.07) is -0.286. The fourth-order valence-corrected chi connectivity index (χ4v) is 10.7. The zero-order valence-corrected chi connectivity index (χ0v) is 21.7. The van der Waals surface area contributed by atoms with Crippen molar-refractivity contribution in [2.75, 3.05) is 4.57 Å². The Morgan fingerprint density at radius 2 is 0.667 bits per heavy atom. The van der Waals surface area contributed by atoms with Crippen LogP contribution in [0.25, 0.3) is 10.8 Å². The molecule has 39 heavy (non-hydrogen) atoms. The summed E-state index contributed by atoms with van der Waals surface area (Å²) in [5.74, 6) is -30.2. The number of hydrogen-bond acceptors (Lipinski definition) is 1. The third kappa shape index (κ3) is 4.63. The molecule has 0 unspecified atom stereocenters. The predicted molar refractivity (Wildman–Crippen MR) is 123 cm³/mol. The average molecular weight is 592 g/mol. The quantitative estimate of drug-likeness (QED) is 0.104. The molecular formula is C25H21F12NSi. The van der Waals surface area contributed by atoms with Crippen molar-refractivity contribution in [3.8, 4) is 0 Å². The number of fused-ring (bicyclic) bond motifs is 1. The van der Waals surface area contributed by atoms with Crippen molar-refractivity contribution >= 4 is 30.4 Å². The summed E-state index contributed by atoms with van der Waals surface area (Å²) in [6.45, 7) is 4.66.